The van der Waals surface area contributed by atoms with Crippen LogP contribution in [0.3, 0.4) is 0 Å². The molecule has 2 N–H and O–H groups in total. The second-order valence-corrected chi connectivity index (χ2v) is 4.55. The molecule has 3 aromatic rings. The first-order valence-electron chi connectivity index (χ1n) is 6.15. The molecule has 3 rings (SSSR count). The summed E-state index contributed by atoms with van der Waals surface area (Å²) in [6, 6.07) is 12.6. The fourth-order valence-electron chi connectivity index (χ4n) is 2.08. The molecule has 5 heteroatoms. The van der Waals surface area contributed by atoms with Crippen molar-refractivity contribution in [2.75, 3.05) is 5.32 Å². The smallest absolute Gasteiger partial charge is 0.335 e. The first-order chi connectivity index (χ1) is 9.63. The highest BCUT2D eigenvalue weighted by Gasteiger charge is 2.03. The average Bonchev–Trinajstić information content (AvgIpc) is 2.81. The molecule has 0 aliphatic carbocycles. The Labute approximate surface area is 115 Å². The van der Waals surface area contributed by atoms with Crippen LogP contribution < -0.4 is 5.32 Å². The van der Waals surface area contributed by atoms with Gasteiger partial charge in [0.1, 0.15) is 0 Å². The monoisotopic (exact) mass is 267 g/mol. The van der Waals surface area contributed by atoms with E-state index in [2.05, 4.69) is 10.4 Å². The van der Waals surface area contributed by atoms with E-state index in [0.717, 1.165) is 22.3 Å². The van der Waals surface area contributed by atoms with Crippen molar-refractivity contribution >= 4 is 28.2 Å². The van der Waals surface area contributed by atoms with Gasteiger partial charge in [0.15, 0.2) is 0 Å². The van der Waals surface area contributed by atoms with E-state index in [0.29, 0.717) is 0 Å². The van der Waals surface area contributed by atoms with Gasteiger partial charge in [0.05, 0.1) is 17.3 Å². The zero-order valence-corrected chi connectivity index (χ0v) is 10.9. The molecule has 0 unspecified atom stereocenters. The van der Waals surface area contributed by atoms with Gasteiger partial charge in [-0.3, -0.25) is 4.68 Å². The molecule has 0 saturated carbocycles. The molecule has 0 amide bonds. The minimum Gasteiger partial charge on any atom is -0.478 e. The number of aromatic nitrogens is 2. The number of carboxylic acid groups (broad SMARTS) is 1. The molecule has 0 spiro atoms. The third kappa shape index (κ3) is 2.21. The minimum absolute atomic E-state index is 0.276. The summed E-state index contributed by atoms with van der Waals surface area (Å²) in [7, 11) is 1.90. The van der Waals surface area contributed by atoms with Crippen molar-refractivity contribution in [1.29, 1.82) is 0 Å². The van der Waals surface area contributed by atoms with E-state index < -0.39 is 5.97 Å². The second kappa shape index (κ2) is 4.70. The van der Waals surface area contributed by atoms with Gasteiger partial charge in [-0.15, -0.1) is 0 Å². The molecule has 0 bridgehead atoms. The Morgan fingerprint density at radius 2 is 1.85 bits per heavy atom. The Balaban J connectivity index is 1.88. The molecular weight excluding hydrogens is 254 g/mol. The number of anilines is 2. The summed E-state index contributed by atoms with van der Waals surface area (Å²) in [5, 5.41) is 17.4. The Kier molecular flexibility index (Phi) is 2.87. The van der Waals surface area contributed by atoms with Crippen LogP contribution in [0.15, 0.2) is 48.7 Å². The van der Waals surface area contributed by atoms with Crippen molar-refractivity contribution in [2.45, 2.75) is 0 Å². The number of nitrogens with one attached hydrogen (secondary N) is 1. The lowest BCUT2D eigenvalue weighted by Crippen LogP contribution is -1.97. The third-order valence-electron chi connectivity index (χ3n) is 3.17. The normalized spacial score (nSPS) is 10.7. The summed E-state index contributed by atoms with van der Waals surface area (Å²) in [5.41, 5.74) is 3.09. The lowest BCUT2D eigenvalue weighted by molar-refractivity contribution is 0.0697. The predicted octanol–water partition coefficient (Wildman–Crippen LogP) is 3.02. The van der Waals surface area contributed by atoms with Crippen LogP contribution in [-0.4, -0.2) is 20.9 Å². The number of carboxylic acids is 1. The molecule has 20 heavy (non-hydrogen) atoms. The predicted molar refractivity (Wildman–Crippen MR) is 77.4 cm³/mol. The molecule has 2 aromatic carbocycles. The maximum atomic E-state index is 10.8. The van der Waals surface area contributed by atoms with Crippen molar-refractivity contribution in [3.05, 3.63) is 54.2 Å². The van der Waals surface area contributed by atoms with Gasteiger partial charge in [-0.2, -0.15) is 5.10 Å². The lowest BCUT2D eigenvalue weighted by Gasteiger charge is -2.07. The second-order valence-electron chi connectivity index (χ2n) is 4.55. The van der Waals surface area contributed by atoms with Crippen LogP contribution in [0.4, 0.5) is 11.4 Å². The molecule has 0 aliphatic rings. The summed E-state index contributed by atoms with van der Waals surface area (Å²) < 4.78 is 1.81. The summed E-state index contributed by atoms with van der Waals surface area (Å²) in [5.74, 6) is -0.923. The number of carbonyl (C=O) groups is 1. The molecular formula is C15H13N3O2. The highest BCUT2D eigenvalue weighted by molar-refractivity contribution is 5.88. The van der Waals surface area contributed by atoms with E-state index in [1.165, 1.54) is 0 Å². The Hall–Kier alpha value is -2.82. The summed E-state index contributed by atoms with van der Waals surface area (Å²) in [6.07, 6.45) is 1.82. The molecule has 0 aliphatic heterocycles. The van der Waals surface area contributed by atoms with Crippen molar-refractivity contribution in [1.82, 2.24) is 9.78 Å². The SMILES string of the molecule is Cn1ncc2ccc(Nc3ccc(C(=O)O)cc3)cc21. The maximum Gasteiger partial charge on any atom is 0.335 e. The number of hydrogen-bond donors (Lipinski definition) is 2. The van der Waals surface area contributed by atoms with E-state index >= 15 is 0 Å². The van der Waals surface area contributed by atoms with Gasteiger partial charge in [-0.25, -0.2) is 4.79 Å². The quantitative estimate of drug-likeness (QED) is 0.765. The van der Waals surface area contributed by atoms with Crippen molar-refractivity contribution in [2.24, 2.45) is 7.05 Å². The fraction of sp³-hybridized carbons (Fsp3) is 0.0667. The van der Waals surface area contributed by atoms with Gasteiger partial charge in [-0.1, -0.05) is 0 Å². The Morgan fingerprint density at radius 1 is 1.15 bits per heavy atom. The highest BCUT2D eigenvalue weighted by atomic mass is 16.4. The molecule has 0 saturated heterocycles. The van der Waals surface area contributed by atoms with Crippen molar-refractivity contribution in [3.8, 4) is 0 Å². The molecule has 100 valence electrons. The van der Waals surface area contributed by atoms with Gasteiger partial charge in [0, 0.05) is 23.8 Å². The van der Waals surface area contributed by atoms with Crippen LogP contribution in [-0.2, 0) is 7.05 Å². The molecule has 0 atom stereocenters. The molecule has 5 nitrogen and oxygen atoms in total. The number of benzene rings is 2. The van der Waals surface area contributed by atoms with E-state index in [1.54, 1.807) is 24.3 Å². The van der Waals surface area contributed by atoms with Gasteiger partial charge < -0.3 is 10.4 Å². The zero-order valence-electron chi connectivity index (χ0n) is 10.9. The van der Waals surface area contributed by atoms with E-state index in [-0.39, 0.29) is 5.56 Å². The molecule has 1 heterocycles. The molecule has 1 aromatic heterocycles. The van der Waals surface area contributed by atoms with Crippen molar-refractivity contribution < 1.29 is 9.90 Å². The van der Waals surface area contributed by atoms with Crippen LogP contribution in [0.5, 0.6) is 0 Å². The fourth-order valence-corrected chi connectivity index (χ4v) is 2.08. The number of fused-ring (bicyclic) bond motifs is 1. The van der Waals surface area contributed by atoms with Gasteiger partial charge in [-0.05, 0) is 42.5 Å². The summed E-state index contributed by atoms with van der Waals surface area (Å²) in [4.78, 5) is 10.8. The number of aryl methyl sites for hydroxylation is 1. The van der Waals surface area contributed by atoms with Crippen LogP contribution >= 0.6 is 0 Å². The molecule has 0 radical (unpaired) electrons. The highest BCUT2D eigenvalue weighted by Crippen LogP contribution is 2.22. The van der Waals surface area contributed by atoms with Gasteiger partial charge >= 0.3 is 5.97 Å². The van der Waals surface area contributed by atoms with Crippen LogP contribution in [0.2, 0.25) is 0 Å². The Morgan fingerprint density at radius 3 is 2.55 bits per heavy atom. The van der Waals surface area contributed by atoms with Crippen LogP contribution in [0.25, 0.3) is 10.9 Å². The third-order valence-corrected chi connectivity index (χ3v) is 3.17. The first kappa shape index (κ1) is 12.2. The van der Waals surface area contributed by atoms with Gasteiger partial charge in [0.2, 0.25) is 0 Å². The summed E-state index contributed by atoms with van der Waals surface area (Å²) in [6.45, 7) is 0. The minimum atomic E-state index is -0.923. The largest absolute Gasteiger partial charge is 0.478 e. The number of rotatable bonds is 3. The van der Waals surface area contributed by atoms with E-state index in [1.807, 2.05) is 36.1 Å². The average molecular weight is 267 g/mol. The number of nitrogens with zero attached hydrogens (tertiary/aromatic N) is 2. The van der Waals surface area contributed by atoms with E-state index in [9.17, 15) is 4.79 Å². The number of aromatic carboxylic acids is 1. The van der Waals surface area contributed by atoms with Gasteiger partial charge in [0.25, 0.3) is 0 Å². The summed E-state index contributed by atoms with van der Waals surface area (Å²) >= 11 is 0. The van der Waals surface area contributed by atoms with Crippen LogP contribution in [0.1, 0.15) is 10.4 Å². The standard InChI is InChI=1S/C15H13N3O2/c1-18-14-8-13(7-4-11(14)9-16-18)17-12-5-2-10(3-6-12)15(19)20/h2-9,17H,1H3,(H,19,20). The first-order valence-corrected chi connectivity index (χ1v) is 6.15. The zero-order chi connectivity index (χ0) is 14.1. The van der Waals surface area contributed by atoms with E-state index in [4.69, 9.17) is 5.11 Å². The lowest BCUT2D eigenvalue weighted by atomic mass is 10.2. The maximum absolute atomic E-state index is 10.8. The topological polar surface area (TPSA) is 67.2 Å². The van der Waals surface area contributed by atoms with Crippen LogP contribution in [0, 0.1) is 0 Å². The van der Waals surface area contributed by atoms with Crippen molar-refractivity contribution in [3.63, 3.8) is 0 Å². The number of hydrogen-bond acceptors (Lipinski definition) is 3. The Bertz CT molecular complexity index is 775. The molecule has 0 fully saturated rings.